The van der Waals surface area contributed by atoms with Gasteiger partial charge in [0.05, 0.1) is 31.5 Å². The van der Waals surface area contributed by atoms with Crippen LogP contribution in [0.2, 0.25) is 0 Å². The Labute approximate surface area is 194 Å². The van der Waals surface area contributed by atoms with Crippen LogP contribution in [0.15, 0.2) is 39.8 Å². The van der Waals surface area contributed by atoms with E-state index >= 15 is 0 Å². The number of nitrogens with one attached hydrogen (secondary N) is 2. The van der Waals surface area contributed by atoms with E-state index < -0.39 is 0 Å². The molecule has 0 amide bonds. The minimum atomic E-state index is -0.229. The molecular weight excluding hydrogens is 500 g/mol. The number of morpholine rings is 1. The Morgan fingerprint density at radius 2 is 1.90 bits per heavy atom. The predicted molar refractivity (Wildman–Crippen MR) is 126 cm³/mol. The summed E-state index contributed by atoms with van der Waals surface area (Å²) >= 11 is 0. The summed E-state index contributed by atoms with van der Waals surface area (Å²) in [5.74, 6) is 1.54. The Hall–Kier alpha value is -1.72. The van der Waals surface area contributed by atoms with Gasteiger partial charge in [-0.25, -0.2) is 4.39 Å². The van der Waals surface area contributed by atoms with Gasteiger partial charge in [-0.15, -0.1) is 24.0 Å². The van der Waals surface area contributed by atoms with E-state index in [4.69, 9.17) is 9.26 Å². The molecular formula is C21H31FIN5O2. The summed E-state index contributed by atoms with van der Waals surface area (Å²) in [7, 11) is 1.73. The summed E-state index contributed by atoms with van der Waals surface area (Å²) in [6, 6.07) is 8.75. The molecule has 2 heterocycles. The molecule has 0 bridgehead atoms. The van der Waals surface area contributed by atoms with E-state index in [9.17, 15) is 4.39 Å². The van der Waals surface area contributed by atoms with Gasteiger partial charge in [0.15, 0.2) is 11.7 Å². The van der Waals surface area contributed by atoms with Crippen LogP contribution >= 0.6 is 24.0 Å². The van der Waals surface area contributed by atoms with Crippen molar-refractivity contribution in [3.05, 3.63) is 53.2 Å². The van der Waals surface area contributed by atoms with Crippen molar-refractivity contribution in [2.24, 2.45) is 4.99 Å². The summed E-state index contributed by atoms with van der Waals surface area (Å²) in [4.78, 5) is 6.65. The molecule has 0 aliphatic carbocycles. The first-order chi connectivity index (χ1) is 14.1. The molecule has 3 rings (SSSR count). The van der Waals surface area contributed by atoms with Gasteiger partial charge in [0.2, 0.25) is 0 Å². The van der Waals surface area contributed by atoms with Crippen molar-refractivity contribution in [2.45, 2.75) is 32.4 Å². The van der Waals surface area contributed by atoms with Crippen molar-refractivity contribution in [2.75, 3.05) is 39.9 Å². The highest BCUT2D eigenvalue weighted by molar-refractivity contribution is 14.0. The zero-order valence-corrected chi connectivity index (χ0v) is 20.1. The number of rotatable bonds is 7. The standard InChI is InChI=1S/C21H30FN5O2.HI/c1-15(2)19-12-18(29-26-19)13-24-21(23-3)25-14-20(27-8-10-28-11-9-27)16-4-6-17(22)7-5-16;/h4-7,12,15,20H,8-11,13-14H2,1-3H3,(H2,23,24,25);1H. The van der Waals surface area contributed by atoms with E-state index in [1.54, 1.807) is 7.05 Å². The van der Waals surface area contributed by atoms with Crippen LogP contribution < -0.4 is 10.6 Å². The number of ether oxygens (including phenoxy) is 1. The van der Waals surface area contributed by atoms with E-state index in [2.05, 4.69) is 39.5 Å². The van der Waals surface area contributed by atoms with Gasteiger partial charge in [-0.05, 0) is 23.6 Å². The lowest BCUT2D eigenvalue weighted by Gasteiger charge is -2.35. The highest BCUT2D eigenvalue weighted by atomic mass is 127. The molecule has 9 heteroatoms. The number of hydrogen-bond donors (Lipinski definition) is 2. The Morgan fingerprint density at radius 3 is 2.50 bits per heavy atom. The van der Waals surface area contributed by atoms with Crippen LogP contribution in [0.1, 0.15) is 42.8 Å². The smallest absolute Gasteiger partial charge is 0.191 e. The van der Waals surface area contributed by atoms with Crippen LogP contribution in [0.4, 0.5) is 4.39 Å². The lowest BCUT2D eigenvalue weighted by Crippen LogP contribution is -2.46. The molecule has 1 fully saturated rings. The number of halogens is 2. The van der Waals surface area contributed by atoms with Gasteiger partial charge >= 0.3 is 0 Å². The molecule has 166 valence electrons. The number of benzene rings is 1. The Bertz CT molecular complexity index is 791. The Balaban J connectivity index is 0.00000320. The largest absolute Gasteiger partial charge is 0.379 e. The van der Waals surface area contributed by atoms with Crippen LogP contribution in [0, 0.1) is 5.82 Å². The van der Waals surface area contributed by atoms with Gasteiger partial charge in [-0.3, -0.25) is 9.89 Å². The Kier molecular flexibility index (Phi) is 9.99. The van der Waals surface area contributed by atoms with E-state index in [0.717, 1.165) is 30.1 Å². The average Bonchev–Trinajstić information content (AvgIpc) is 3.22. The van der Waals surface area contributed by atoms with Gasteiger partial charge in [0.1, 0.15) is 5.82 Å². The van der Waals surface area contributed by atoms with E-state index in [1.807, 2.05) is 18.2 Å². The molecule has 1 atom stereocenters. The first kappa shape index (κ1) is 24.5. The second kappa shape index (κ2) is 12.2. The van der Waals surface area contributed by atoms with Crippen LogP contribution in [0.25, 0.3) is 0 Å². The van der Waals surface area contributed by atoms with Crippen molar-refractivity contribution < 1.29 is 13.7 Å². The average molecular weight is 531 g/mol. The lowest BCUT2D eigenvalue weighted by atomic mass is 10.0. The lowest BCUT2D eigenvalue weighted by molar-refractivity contribution is 0.0170. The maximum Gasteiger partial charge on any atom is 0.191 e. The topological polar surface area (TPSA) is 74.9 Å². The van der Waals surface area contributed by atoms with Crippen molar-refractivity contribution in [3.8, 4) is 0 Å². The first-order valence-corrected chi connectivity index (χ1v) is 10.0. The van der Waals surface area contributed by atoms with Crippen LogP contribution in [-0.2, 0) is 11.3 Å². The summed E-state index contributed by atoms with van der Waals surface area (Å²) in [5.41, 5.74) is 2.00. The zero-order valence-electron chi connectivity index (χ0n) is 17.7. The molecule has 7 nitrogen and oxygen atoms in total. The van der Waals surface area contributed by atoms with Gasteiger partial charge in [-0.1, -0.05) is 31.1 Å². The van der Waals surface area contributed by atoms with Gasteiger partial charge in [0, 0.05) is 32.7 Å². The summed E-state index contributed by atoms with van der Waals surface area (Å²) in [5, 5.41) is 10.7. The number of aliphatic imine (C=N–C) groups is 1. The van der Waals surface area contributed by atoms with Crippen molar-refractivity contribution >= 4 is 29.9 Å². The molecule has 2 N–H and O–H groups in total. The molecule has 0 saturated carbocycles. The van der Waals surface area contributed by atoms with E-state index in [-0.39, 0.29) is 35.8 Å². The minimum Gasteiger partial charge on any atom is -0.379 e. The second-order valence-corrected chi connectivity index (χ2v) is 7.40. The maximum absolute atomic E-state index is 13.4. The maximum atomic E-state index is 13.4. The normalized spacial score (nSPS) is 16.2. The molecule has 0 radical (unpaired) electrons. The molecule has 0 spiro atoms. The number of hydrogen-bond acceptors (Lipinski definition) is 5. The molecule has 1 unspecified atom stereocenters. The molecule has 1 saturated heterocycles. The monoisotopic (exact) mass is 531 g/mol. The number of guanidine groups is 1. The third-order valence-corrected chi connectivity index (χ3v) is 5.03. The molecule has 1 aromatic heterocycles. The fourth-order valence-corrected chi connectivity index (χ4v) is 3.30. The summed E-state index contributed by atoms with van der Waals surface area (Å²) in [6.45, 7) is 8.38. The van der Waals surface area contributed by atoms with E-state index in [1.165, 1.54) is 12.1 Å². The molecule has 2 aromatic rings. The molecule has 1 aromatic carbocycles. The quantitative estimate of drug-likeness (QED) is 0.325. The van der Waals surface area contributed by atoms with Crippen LogP contribution in [0.5, 0.6) is 0 Å². The van der Waals surface area contributed by atoms with Crippen LogP contribution in [0.3, 0.4) is 0 Å². The molecule has 1 aliphatic heterocycles. The van der Waals surface area contributed by atoms with E-state index in [0.29, 0.717) is 38.2 Å². The van der Waals surface area contributed by atoms with Gasteiger partial charge in [-0.2, -0.15) is 0 Å². The fraction of sp³-hybridized carbons (Fsp3) is 0.524. The minimum absolute atomic E-state index is 0. The second-order valence-electron chi connectivity index (χ2n) is 7.40. The summed E-state index contributed by atoms with van der Waals surface area (Å²) < 4.78 is 24.2. The van der Waals surface area contributed by atoms with Crippen LogP contribution in [-0.4, -0.2) is 55.9 Å². The molecule has 1 aliphatic rings. The zero-order chi connectivity index (χ0) is 20.6. The van der Waals surface area contributed by atoms with Gasteiger partial charge < -0.3 is 19.9 Å². The fourth-order valence-electron chi connectivity index (χ4n) is 3.30. The number of nitrogens with zero attached hydrogens (tertiary/aromatic N) is 3. The van der Waals surface area contributed by atoms with Crippen molar-refractivity contribution in [1.82, 2.24) is 20.7 Å². The summed E-state index contributed by atoms with van der Waals surface area (Å²) in [6.07, 6.45) is 0. The first-order valence-electron chi connectivity index (χ1n) is 10.0. The number of aromatic nitrogens is 1. The SMILES string of the molecule is CN=C(NCc1cc(C(C)C)no1)NCC(c1ccc(F)cc1)N1CCOCC1.I. The molecule has 30 heavy (non-hydrogen) atoms. The third-order valence-electron chi connectivity index (χ3n) is 5.03. The Morgan fingerprint density at radius 1 is 1.20 bits per heavy atom. The highest BCUT2D eigenvalue weighted by Gasteiger charge is 2.23. The third kappa shape index (κ3) is 6.92. The predicted octanol–water partition coefficient (Wildman–Crippen LogP) is 3.29. The van der Waals surface area contributed by atoms with Crippen molar-refractivity contribution in [1.29, 1.82) is 0 Å². The highest BCUT2D eigenvalue weighted by Crippen LogP contribution is 2.21. The van der Waals surface area contributed by atoms with Gasteiger partial charge in [0.25, 0.3) is 0 Å². The van der Waals surface area contributed by atoms with Crippen molar-refractivity contribution in [3.63, 3.8) is 0 Å².